The van der Waals surface area contributed by atoms with Crippen LogP contribution in [0.5, 0.6) is 5.75 Å². The second-order valence-electron chi connectivity index (χ2n) is 5.19. The Kier molecular flexibility index (Phi) is 3.98. The molecule has 1 aliphatic heterocycles. The van der Waals surface area contributed by atoms with Gasteiger partial charge in [0.1, 0.15) is 11.9 Å². The molecule has 0 amide bonds. The lowest BCUT2D eigenvalue weighted by Crippen LogP contribution is -2.25. The number of nitrogens with zero attached hydrogens (tertiary/aromatic N) is 1. The molecule has 0 unspecified atom stereocenters. The molecule has 1 fully saturated rings. The predicted octanol–water partition coefficient (Wildman–Crippen LogP) is 2.84. The van der Waals surface area contributed by atoms with Gasteiger partial charge in [0.05, 0.1) is 23.8 Å². The molecule has 1 aromatic carbocycles. The normalized spacial score (nSPS) is 16.0. The molecule has 0 aliphatic carbocycles. The number of hydrogen-bond donors (Lipinski definition) is 2. The molecular formula is C15H19N3O2S. The lowest BCUT2D eigenvalue weighted by Gasteiger charge is -2.23. The maximum absolute atomic E-state index is 6.04. The van der Waals surface area contributed by atoms with E-state index < -0.39 is 0 Å². The number of nitrogens with two attached hydrogens (primary N) is 2. The van der Waals surface area contributed by atoms with Crippen LogP contribution in [-0.2, 0) is 4.74 Å². The van der Waals surface area contributed by atoms with Gasteiger partial charge < -0.3 is 20.9 Å². The average Bonchev–Trinajstić information content (AvgIpc) is 2.78. The number of nitrogen functional groups attached to an aromatic ring is 2. The maximum Gasteiger partial charge on any atom is 0.180 e. The molecular weight excluding hydrogens is 286 g/mol. The Bertz CT molecular complexity index is 636. The summed E-state index contributed by atoms with van der Waals surface area (Å²) in [5.74, 6) is 0.795. The van der Waals surface area contributed by atoms with Crippen molar-refractivity contribution in [3.8, 4) is 16.2 Å². The fourth-order valence-electron chi connectivity index (χ4n) is 2.49. The van der Waals surface area contributed by atoms with Gasteiger partial charge in [0.25, 0.3) is 0 Å². The number of aromatic nitrogens is 1. The monoisotopic (exact) mass is 305 g/mol. The molecule has 2 heterocycles. The lowest BCUT2D eigenvalue weighted by atomic mass is 10.1. The third kappa shape index (κ3) is 3.28. The van der Waals surface area contributed by atoms with Crippen molar-refractivity contribution in [1.82, 2.24) is 4.98 Å². The molecule has 0 saturated carbocycles. The van der Waals surface area contributed by atoms with Gasteiger partial charge in [-0.1, -0.05) is 11.3 Å². The molecule has 0 atom stereocenters. The first kappa shape index (κ1) is 14.2. The van der Waals surface area contributed by atoms with E-state index in [0.717, 1.165) is 47.9 Å². The third-order valence-electron chi connectivity index (χ3n) is 3.48. The first-order chi connectivity index (χ1) is 10.1. The van der Waals surface area contributed by atoms with Crippen LogP contribution >= 0.6 is 11.3 Å². The molecule has 2 aromatic rings. The number of benzene rings is 1. The summed E-state index contributed by atoms with van der Waals surface area (Å²) in [5, 5.41) is 0.567. The van der Waals surface area contributed by atoms with E-state index >= 15 is 0 Å². The maximum atomic E-state index is 6.04. The van der Waals surface area contributed by atoms with E-state index in [2.05, 4.69) is 4.98 Å². The van der Waals surface area contributed by atoms with E-state index in [9.17, 15) is 0 Å². The molecule has 112 valence electrons. The molecule has 0 radical (unpaired) electrons. The van der Waals surface area contributed by atoms with Gasteiger partial charge in [0.2, 0.25) is 0 Å². The van der Waals surface area contributed by atoms with Crippen molar-refractivity contribution in [1.29, 1.82) is 0 Å². The van der Waals surface area contributed by atoms with Crippen LogP contribution in [0.1, 0.15) is 18.5 Å². The molecule has 1 saturated heterocycles. The van der Waals surface area contributed by atoms with E-state index in [1.807, 2.05) is 25.1 Å². The summed E-state index contributed by atoms with van der Waals surface area (Å²) in [5.41, 5.74) is 14.4. The minimum absolute atomic E-state index is 0.195. The smallest absolute Gasteiger partial charge is 0.180 e. The highest BCUT2D eigenvalue weighted by molar-refractivity contribution is 7.18. The molecule has 21 heavy (non-hydrogen) atoms. The second kappa shape index (κ2) is 5.91. The highest BCUT2D eigenvalue weighted by atomic mass is 32.1. The summed E-state index contributed by atoms with van der Waals surface area (Å²) in [6, 6.07) is 5.79. The van der Waals surface area contributed by atoms with Gasteiger partial charge in [-0.3, -0.25) is 0 Å². The Balaban J connectivity index is 1.87. The largest absolute Gasteiger partial charge is 0.490 e. The van der Waals surface area contributed by atoms with E-state index in [1.54, 1.807) is 0 Å². The average molecular weight is 305 g/mol. The predicted molar refractivity (Wildman–Crippen MR) is 85.6 cm³/mol. The van der Waals surface area contributed by atoms with E-state index in [4.69, 9.17) is 20.9 Å². The molecule has 1 aliphatic rings. The lowest BCUT2D eigenvalue weighted by molar-refractivity contribution is 0.0256. The first-order valence-corrected chi connectivity index (χ1v) is 7.82. The van der Waals surface area contributed by atoms with Crippen LogP contribution in [0.25, 0.3) is 10.4 Å². The third-order valence-corrected chi connectivity index (χ3v) is 4.51. The molecule has 4 N–H and O–H groups in total. The van der Waals surface area contributed by atoms with Crippen LogP contribution in [-0.4, -0.2) is 24.3 Å². The Morgan fingerprint density at radius 2 is 2.00 bits per heavy atom. The van der Waals surface area contributed by atoms with Crippen molar-refractivity contribution in [2.24, 2.45) is 0 Å². The Labute approximate surface area is 127 Å². The van der Waals surface area contributed by atoms with Gasteiger partial charge in [-0.25, -0.2) is 4.98 Å². The standard InChI is InChI=1S/C15H19N3O2S/c1-9-14(21-15(17)18-9)10-6-11(16)8-13(7-10)20-12-2-4-19-5-3-12/h6-8,12H,2-5,16H2,1H3,(H2,17,18). The van der Waals surface area contributed by atoms with Crippen LogP contribution in [0.3, 0.4) is 0 Å². The summed E-state index contributed by atoms with van der Waals surface area (Å²) >= 11 is 1.47. The topological polar surface area (TPSA) is 83.4 Å². The zero-order chi connectivity index (χ0) is 14.8. The van der Waals surface area contributed by atoms with Crippen molar-refractivity contribution in [3.05, 3.63) is 23.9 Å². The number of rotatable bonds is 3. The Morgan fingerprint density at radius 3 is 2.67 bits per heavy atom. The molecule has 5 nitrogen and oxygen atoms in total. The minimum atomic E-state index is 0.195. The van der Waals surface area contributed by atoms with Crippen LogP contribution in [0.15, 0.2) is 18.2 Å². The zero-order valence-electron chi connectivity index (χ0n) is 12.0. The molecule has 0 bridgehead atoms. The number of ether oxygens (including phenoxy) is 2. The minimum Gasteiger partial charge on any atom is -0.490 e. The van der Waals surface area contributed by atoms with Crippen molar-refractivity contribution in [2.75, 3.05) is 24.7 Å². The van der Waals surface area contributed by atoms with Gasteiger partial charge in [-0.15, -0.1) is 0 Å². The van der Waals surface area contributed by atoms with Crippen molar-refractivity contribution < 1.29 is 9.47 Å². The van der Waals surface area contributed by atoms with Crippen LogP contribution in [0.4, 0.5) is 10.8 Å². The fraction of sp³-hybridized carbons (Fsp3) is 0.400. The van der Waals surface area contributed by atoms with Crippen molar-refractivity contribution in [3.63, 3.8) is 0 Å². The van der Waals surface area contributed by atoms with Crippen molar-refractivity contribution >= 4 is 22.2 Å². The van der Waals surface area contributed by atoms with Crippen LogP contribution < -0.4 is 16.2 Å². The quantitative estimate of drug-likeness (QED) is 0.852. The number of hydrogen-bond acceptors (Lipinski definition) is 6. The summed E-state index contributed by atoms with van der Waals surface area (Å²) < 4.78 is 11.4. The number of anilines is 2. The fourth-order valence-corrected chi connectivity index (χ4v) is 3.31. The summed E-state index contributed by atoms with van der Waals surface area (Å²) in [6.45, 7) is 3.46. The molecule has 3 rings (SSSR count). The summed E-state index contributed by atoms with van der Waals surface area (Å²) in [7, 11) is 0. The Hall–Kier alpha value is -1.79. The van der Waals surface area contributed by atoms with Gasteiger partial charge in [-0.2, -0.15) is 0 Å². The SMILES string of the molecule is Cc1nc(N)sc1-c1cc(N)cc(OC2CCOCC2)c1. The molecule has 6 heteroatoms. The number of aryl methyl sites for hydroxylation is 1. The van der Waals surface area contributed by atoms with Gasteiger partial charge in [-0.05, 0) is 24.6 Å². The van der Waals surface area contributed by atoms with E-state index in [0.29, 0.717) is 10.8 Å². The van der Waals surface area contributed by atoms with Gasteiger partial charge in [0, 0.05) is 24.6 Å². The second-order valence-corrected chi connectivity index (χ2v) is 6.22. The summed E-state index contributed by atoms with van der Waals surface area (Å²) in [4.78, 5) is 5.30. The van der Waals surface area contributed by atoms with Crippen LogP contribution in [0.2, 0.25) is 0 Å². The highest BCUT2D eigenvalue weighted by Gasteiger charge is 2.16. The molecule has 0 spiro atoms. The first-order valence-electron chi connectivity index (χ1n) is 7.00. The zero-order valence-corrected chi connectivity index (χ0v) is 12.8. The van der Waals surface area contributed by atoms with Gasteiger partial charge >= 0.3 is 0 Å². The van der Waals surface area contributed by atoms with Crippen molar-refractivity contribution in [2.45, 2.75) is 25.9 Å². The van der Waals surface area contributed by atoms with E-state index in [1.165, 1.54) is 11.3 Å². The van der Waals surface area contributed by atoms with E-state index in [-0.39, 0.29) is 6.10 Å². The number of thiazole rings is 1. The summed E-state index contributed by atoms with van der Waals surface area (Å²) in [6.07, 6.45) is 2.02. The van der Waals surface area contributed by atoms with Crippen LogP contribution in [0, 0.1) is 6.92 Å². The van der Waals surface area contributed by atoms with Gasteiger partial charge in [0.15, 0.2) is 5.13 Å². The Morgan fingerprint density at radius 1 is 1.24 bits per heavy atom. The molecule has 1 aromatic heterocycles. The highest BCUT2D eigenvalue weighted by Crippen LogP contribution is 2.35.